The molecule has 1 saturated heterocycles. The van der Waals surface area contributed by atoms with Crippen LogP contribution in [0.1, 0.15) is 50.5 Å². The van der Waals surface area contributed by atoms with E-state index in [2.05, 4.69) is 4.98 Å². The van der Waals surface area contributed by atoms with Crippen molar-refractivity contribution in [2.75, 3.05) is 19.8 Å². The van der Waals surface area contributed by atoms with Gasteiger partial charge in [0, 0.05) is 19.4 Å². The molecule has 5 nitrogen and oxygen atoms in total. The zero-order chi connectivity index (χ0) is 16.1. The van der Waals surface area contributed by atoms with Crippen LogP contribution in [0.15, 0.2) is 18.5 Å². The SMILES string of the molecule is O=C(O)C1(c2cncc(OCC3CCCCC3)c2)CCOCC1. The zero-order valence-electron chi connectivity index (χ0n) is 13.5. The molecule has 5 heteroatoms. The van der Waals surface area contributed by atoms with Crippen molar-refractivity contribution in [2.24, 2.45) is 5.92 Å². The van der Waals surface area contributed by atoms with E-state index in [1.54, 1.807) is 12.4 Å². The summed E-state index contributed by atoms with van der Waals surface area (Å²) in [4.78, 5) is 16.1. The van der Waals surface area contributed by atoms with Crippen molar-refractivity contribution in [3.63, 3.8) is 0 Å². The van der Waals surface area contributed by atoms with Crippen LogP contribution in [0.3, 0.4) is 0 Å². The lowest BCUT2D eigenvalue weighted by atomic mass is 9.75. The van der Waals surface area contributed by atoms with Crippen LogP contribution in [0.2, 0.25) is 0 Å². The van der Waals surface area contributed by atoms with E-state index in [1.807, 2.05) is 6.07 Å². The summed E-state index contributed by atoms with van der Waals surface area (Å²) < 4.78 is 11.3. The van der Waals surface area contributed by atoms with Gasteiger partial charge in [-0.3, -0.25) is 9.78 Å². The molecule has 1 aromatic rings. The topological polar surface area (TPSA) is 68.7 Å². The first-order chi connectivity index (χ1) is 11.2. The Hall–Kier alpha value is -1.62. The summed E-state index contributed by atoms with van der Waals surface area (Å²) in [5.41, 5.74) is -0.162. The molecule has 0 amide bonds. The highest BCUT2D eigenvalue weighted by Crippen LogP contribution is 2.36. The molecule has 1 saturated carbocycles. The predicted molar refractivity (Wildman–Crippen MR) is 85.7 cm³/mol. The lowest BCUT2D eigenvalue weighted by Crippen LogP contribution is -2.41. The molecule has 3 rings (SSSR count). The molecule has 0 radical (unpaired) electrons. The zero-order valence-corrected chi connectivity index (χ0v) is 13.5. The number of carbonyl (C=O) groups is 1. The molecule has 0 bridgehead atoms. The number of carboxylic acid groups (broad SMARTS) is 1. The average Bonchev–Trinajstić information content (AvgIpc) is 2.61. The molecule has 2 fully saturated rings. The molecule has 0 spiro atoms. The minimum atomic E-state index is -0.893. The fraction of sp³-hybridized carbons (Fsp3) is 0.667. The molecule has 126 valence electrons. The van der Waals surface area contributed by atoms with Gasteiger partial charge in [0.25, 0.3) is 0 Å². The van der Waals surface area contributed by atoms with E-state index >= 15 is 0 Å². The Morgan fingerprint density at radius 1 is 1.26 bits per heavy atom. The van der Waals surface area contributed by atoms with Gasteiger partial charge in [0.15, 0.2) is 0 Å². The first-order valence-electron chi connectivity index (χ1n) is 8.60. The van der Waals surface area contributed by atoms with Gasteiger partial charge in [0.2, 0.25) is 0 Å². The smallest absolute Gasteiger partial charge is 0.314 e. The Bertz CT molecular complexity index is 534. The van der Waals surface area contributed by atoms with Gasteiger partial charge in [-0.25, -0.2) is 0 Å². The summed E-state index contributed by atoms with van der Waals surface area (Å²) in [6, 6.07) is 1.86. The van der Waals surface area contributed by atoms with E-state index in [4.69, 9.17) is 9.47 Å². The first kappa shape index (κ1) is 16.2. The van der Waals surface area contributed by atoms with Crippen LogP contribution in [0, 0.1) is 5.92 Å². The average molecular weight is 319 g/mol. The van der Waals surface area contributed by atoms with E-state index in [0.717, 1.165) is 5.56 Å². The van der Waals surface area contributed by atoms with E-state index < -0.39 is 11.4 Å². The van der Waals surface area contributed by atoms with Gasteiger partial charge in [0.1, 0.15) is 5.75 Å². The molecular formula is C18H25NO4. The van der Waals surface area contributed by atoms with Crippen LogP contribution in [0.5, 0.6) is 5.75 Å². The lowest BCUT2D eigenvalue weighted by Gasteiger charge is -2.33. The van der Waals surface area contributed by atoms with Gasteiger partial charge in [-0.1, -0.05) is 19.3 Å². The maximum absolute atomic E-state index is 11.9. The Morgan fingerprint density at radius 2 is 2.00 bits per heavy atom. The summed E-state index contributed by atoms with van der Waals surface area (Å²) in [6.07, 6.45) is 10.7. The number of hydrogen-bond acceptors (Lipinski definition) is 4. The number of pyridine rings is 1. The van der Waals surface area contributed by atoms with Crippen molar-refractivity contribution in [3.05, 3.63) is 24.0 Å². The van der Waals surface area contributed by atoms with Gasteiger partial charge < -0.3 is 14.6 Å². The summed E-state index contributed by atoms with van der Waals surface area (Å²) in [5.74, 6) is 0.496. The second-order valence-electron chi connectivity index (χ2n) is 6.72. The minimum absolute atomic E-state index is 0.472. The molecular weight excluding hydrogens is 294 g/mol. The van der Waals surface area contributed by atoms with Crippen molar-refractivity contribution in [2.45, 2.75) is 50.4 Å². The van der Waals surface area contributed by atoms with E-state index in [1.165, 1.54) is 32.1 Å². The number of nitrogens with zero attached hydrogens (tertiary/aromatic N) is 1. The van der Waals surface area contributed by atoms with E-state index in [0.29, 0.717) is 44.3 Å². The first-order valence-corrected chi connectivity index (χ1v) is 8.60. The largest absolute Gasteiger partial charge is 0.492 e. The molecule has 1 N–H and O–H groups in total. The molecule has 0 aromatic carbocycles. The summed E-state index contributed by atoms with van der Waals surface area (Å²) in [5, 5.41) is 9.74. The van der Waals surface area contributed by atoms with E-state index in [9.17, 15) is 9.90 Å². The Balaban J connectivity index is 1.71. The number of hydrogen-bond donors (Lipinski definition) is 1. The van der Waals surface area contributed by atoms with Crippen LogP contribution >= 0.6 is 0 Å². The summed E-state index contributed by atoms with van der Waals surface area (Å²) in [7, 11) is 0. The summed E-state index contributed by atoms with van der Waals surface area (Å²) in [6.45, 7) is 1.65. The second-order valence-corrected chi connectivity index (χ2v) is 6.72. The lowest BCUT2D eigenvalue weighted by molar-refractivity contribution is -0.147. The second kappa shape index (κ2) is 7.30. The van der Waals surface area contributed by atoms with Crippen molar-refractivity contribution in [3.8, 4) is 5.75 Å². The molecule has 2 aliphatic rings. The van der Waals surface area contributed by atoms with Crippen LogP contribution in [0.25, 0.3) is 0 Å². The Kier molecular flexibility index (Phi) is 5.16. The molecule has 0 unspecified atom stereocenters. The number of rotatable bonds is 5. The molecule has 2 heterocycles. The van der Waals surface area contributed by atoms with Crippen molar-refractivity contribution < 1.29 is 19.4 Å². The third kappa shape index (κ3) is 3.66. The molecule has 23 heavy (non-hydrogen) atoms. The highest BCUT2D eigenvalue weighted by molar-refractivity contribution is 5.81. The van der Waals surface area contributed by atoms with Gasteiger partial charge in [-0.15, -0.1) is 0 Å². The predicted octanol–water partition coefficient (Wildman–Crippen LogP) is 3.17. The normalized spacial score (nSPS) is 21.7. The van der Waals surface area contributed by atoms with Gasteiger partial charge in [-0.05, 0) is 43.2 Å². The fourth-order valence-electron chi connectivity index (χ4n) is 3.67. The van der Waals surface area contributed by atoms with Crippen LogP contribution in [-0.2, 0) is 14.9 Å². The highest BCUT2D eigenvalue weighted by Gasteiger charge is 2.42. The number of ether oxygens (including phenoxy) is 2. The third-order valence-electron chi connectivity index (χ3n) is 5.23. The third-order valence-corrected chi connectivity index (χ3v) is 5.23. The molecule has 0 atom stereocenters. The number of carboxylic acids is 1. The monoisotopic (exact) mass is 319 g/mol. The number of aliphatic carboxylic acids is 1. The van der Waals surface area contributed by atoms with Crippen molar-refractivity contribution in [1.29, 1.82) is 0 Å². The summed E-state index contributed by atoms with van der Waals surface area (Å²) >= 11 is 0. The molecule has 1 aromatic heterocycles. The Labute approximate surface area is 137 Å². The van der Waals surface area contributed by atoms with Gasteiger partial charge >= 0.3 is 5.97 Å². The maximum Gasteiger partial charge on any atom is 0.314 e. The quantitative estimate of drug-likeness (QED) is 0.903. The van der Waals surface area contributed by atoms with E-state index in [-0.39, 0.29) is 0 Å². The van der Waals surface area contributed by atoms with Crippen molar-refractivity contribution in [1.82, 2.24) is 4.98 Å². The minimum Gasteiger partial charge on any atom is -0.492 e. The Morgan fingerprint density at radius 3 is 2.70 bits per heavy atom. The molecule has 1 aliphatic carbocycles. The van der Waals surface area contributed by atoms with Gasteiger partial charge in [0.05, 0.1) is 18.2 Å². The molecule has 1 aliphatic heterocycles. The standard InChI is InChI=1S/C18H25NO4/c20-17(21)18(6-8-22-9-7-18)15-10-16(12-19-11-15)23-13-14-4-2-1-3-5-14/h10-12,14H,1-9,13H2,(H,20,21). The number of aromatic nitrogens is 1. The fourth-order valence-corrected chi connectivity index (χ4v) is 3.67. The van der Waals surface area contributed by atoms with Crippen molar-refractivity contribution >= 4 is 5.97 Å². The maximum atomic E-state index is 11.9. The van der Waals surface area contributed by atoms with Crippen LogP contribution in [0.4, 0.5) is 0 Å². The van der Waals surface area contributed by atoms with Gasteiger partial charge in [-0.2, -0.15) is 0 Å². The highest BCUT2D eigenvalue weighted by atomic mass is 16.5. The van der Waals surface area contributed by atoms with Crippen LogP contribution < -0.4 is 4.74 Å². The van der Waals surface area contributed by atoms with Crippen LogP contribution in [-0.4, -0.2) is 35.9 Å².